The lowest BCUT2D eigenvalue weighted by Crippen LogP contribution is -2.11. The van der Waals surface area contributed by atoms with Crippen LogP contribution in [0.3, 0.4) is 0 Å². The zero-order chi connectivity index (χ0) is 20.4. The first-order chi connectivity index (χ1) is 14.0. The molecule has 2 aromatic heterocycles. The Bertz CT molecular complexity index is 1120. The fraction of sp³-hybridized carbons (Fsp3) is 0.150. The minimum atomic E-state index is 0.556. The van der Waals surface area contributed by atoms with E-state index in [1.807, 2.05) is 55.5 Å². The normalized spacial score (nSPS) is 11.0. The summed E-state index contributed by atoms with van der Waals surface area (Å²) in [6.45, 7) is 1.89. The van der Waals surface area contributed by atoms with E-state index in [9.17, 15) is 0 Å². The second-order valence-corrected chi connectivity index (χ2v) is 7.60. The highest BCUT2D eigenvalue weighted by Gasteiger charge is 2.16. The standard InChI is InChI=1S/C20H18ClN5O2S/c1-12-17(23-19(28-12)14-3-7-15(21)8-4-14)11-29-20-25-24-18(26(20)22)13-5-9-16(27-2)10-6-13/h3-10H,11,22H2,1-2H3. The van der Waals surface area contributed by atoms with Crippen molar-refractivity contribution in [2.45, 2.75) is 17.8 Å². The zero-order valence-electron chi connectivity index (χ0n) is 15.8. The Balaban J connectivity index is 1.49. The van der Waals surface area contributed by atoms with Crippen LogP contribution in [0.5, 0.6) is 5.75 Å². The van der Waals surface area contributed by atoms with Gasteiger partial charge in [0.2, 0.25) is 11.0 Å². The van der Waals surface area contributed by atoms with Crippen molar-refractivity contribution >= 4 is 23.4 Å². The van der Waals surface area contributed by atoms with Gasteiger partial charge in [0.25, 0.3) is 0 Å². The molecule has 7 nitrogen and oxygen atoms in total. The molecule has 4 rings (SSSR count). The fourth-order valence-corrected chi connectivity index (χ4v) is 3.71. The van der Waals surface area contributed by atoms with Gasteiger partial charge in [-0.15, -0.1) is 10.2 Å². The van der Waals surface area contributed by atoms with Crippen LogP contribution in [0.2, 0.25) is 5.02 Å². The van der Waals surface area contributed by atoms with Gasteiger partial charge in [-0.1, -0.05) is 23.4 Å². The lowest BCUT2D eigenvalue weighted by Gasteiger charge is -2.04. The highest BCUT2D eigenvalue weighted by molar-refractivity contribution is 7.98. The minimum Gasteiger partial charge on any atom is -0.497 e. The molecule has 0 amide bonds. The number of rotatable bonds is 6. The number of benzene rings is 2. The van der Waals surface area contributed by atoms with Gasteiger partial charge in [-0.3, -0.25) is 0 Å². The zero-order valence-corrected chi connectivity index (χ0v) is 17.4. The second kappa shape index (κ2) is 8.18. The van der Waals surface area contributed by atoms with E-state index in [1.54, 1.807) is 7.11 Å². The van der Waals surface area contributed by atoms with E-state index < -0.39 is 0 Å². The molecule has 148 valence electrons. The molecule has 2 heterocycles. The quantitative estimate of drug-likeness (QED) is 0.355. The fourth-order valence-electron chi connectivity index (χ4n) is 2.72. The number of ether oxygens (including phenoxy) is 1. The molecule has 0 radical (unpaired) electrons. The number of nitrogen functional groups attached to an aromatic ring is 1. The molecule has 29 heavy (non-hydrogen) atoms. The molecule has 4 aromatic rings. The summed E-state index contributed by atoms with van der Waals surface area (Å²) in [6.07, 6.45) is 0. The summed E-state index contributed by atoms with van der Waals surface area (Å²) in [5.74, 6) is 9.41. The number of hydrogen-bond donors (Lipinski definition) is 1. The Morgan fingerprint density at radius 3 is 2.45 bits per heavy atom. The summed E-state index contributed by atoms with van der Waals surface area (Å²) in [5.41, 5.74) is 2.56. The van der Waals surface area contributed by atoms with Gasteiger partial charge >= 0.3 is 0 Å². The van der Waals surface area contributed by atoms with Crippen molar-refractivity contribution in [3.8, 4) is 28.6 Å². The summed E-state index contributed by atoms with van der Waals surface area (Å²) in [7, 11) is 1.62. The average molecular weight is 428 g/mol. The summed E-state index contributed by atoms with van der Waals surface area (Å²) in [6, 6.07) is 14.9. The van der Waals surface area contributed by atoms with E-state index in [2.05, 4.69) is 15.2 Å². The van der Waals surface area contributed by atoms with Crippen molar-refractivity contribution in [2.24, 2.45) is 0 Å². The molecule has 9 heteroatoms. The summed E-state index contributed by atoms with van der Waals surface area (Å²) in [5, 5.41) is 9.67. The highest BCUT2D eigenvalue weighted by atomic mass is 35.5. The molecule has 0 atom stereocenters. The molecule has 0 saturated heterocycles. The topological polar surface area (TPSA) is 92.0 Å². The van der Waals surface area contributed by atoms with Crippen molar-refractivity contribution in [1.29, 1.82) is 0 Å². The monoisotopic (exact) mass is 427 g/mol. The predicted molar refractivity (Wildman–Crippen MR) is 113 cm³/mol. The van der Waals surface area contributed by atoms with Gasteiger partial charge < -0.3 is 15.0 Å². The third-order valence-electron chi connectivity index (χ3n) is 4.33. The van der Waals surface area contributed by atoms with Crippen LogP contribution < -0.4 is 10.6 Å². The maximum absolute atomic E-state index is 6.20. The number of nitrogens with zero attached hydrogens (tertiary/aromatic N) is 4. The van der Waals surface area contributed by atoms with E-state index in [4.69, 9.17) is 26.6 Å². The van der Waals surface area contributed by atoms with E-state index >= 15 is 0 Å². The number of thioether (sulfide) groups is 1. The van der Waals surface area contributed by atoms with Crippen LogP contribution in [-0.4, -0.2) is 27.0 Å². The van der Waals surface area contributed by atoms with Gasteiger partial charge in [0.15, 0.2) is 5.82 Å². The Hall–Kier alpha value is -2.97. The van der Waals surface area contributed by atoms with Gasteiger partial charge in [-0.25, -0.2) is 9.66 Å². The van der Waals surface area contributed by atoms with Gasteiger partial charge in [0, 0.05) is 21.9 Å². The highest BCUT2D eigenvalue weighted by Crippen LogP contribution is 2.29. The predicted octanol–water partition coefficient (Wildman–Crippen LogP) is 4.58. The average Bonchev–Trinajstić information content (AvgIpc) is 3.29. The number of aryl methyl sites for hydroxylation is 1. The van der Waals surface area contributed by atoms with Gasteiger partial charge in [0.1, 0.15) is 11.5 Å². The molecule has 2 N–H and O–H groups in total. The molecule has 2 aromatic carbocycles. The van der Waals surface area contributed by atoms with Crippen molar-refractivity contribution in [1.82, 2.24) is 19.9 Å². The summed E-state index contributed by atoms with van der Waals surface area (Å²) < 4.78 is 12.5. The van der Waals surface area contributed by atoms with Crippen molar-refractivity contribution < 1.29 is 9.15 Å². The Kier molecular flexibility index (Phi) is 5.46. The van der Waals surface area contributed by atoms with Crippen molar-refractivity contribution in [2.75, 3.05) is 13.0 Å². The van der Waals surface area contributed by atoms with Crippen LogP contribution in [0.25, 0.3) is 22.8 Å². The summed E-state index contributed by atoms with van der Waals surface area (Å²) >= 11 is 7.39. The Morgan fingerprint density at radius 2 is 1.76 bits per heavy atom. The number of methoxy groups -OCH3 is 1. The van der Waals surface area contributed by atoms with E-state index in [1.165, 1.54) is 16.4 Å². The van der Waals surface area contributed by atoms with Crippen LogP contribution in [0, 0.1) is 6.92 Å². The van der Waals surface area contributed by atoms with Crippen LogP contribution in [0.1, 0.15) is 11.5 Å². The van der Waals surface area contributed by atoms with E-state index in [0.29, 0.717) is 27.6 Å². The maximum atomic E-state index is 6.20. The van der Waals surface area contributed by atoms with Crippen LogP contribution >= 0.6 is 23.4 Å². The Morgan fingerprint density at radius 1 is 1.07 bits per heavy atom. The van der Waals surface area contributed by atoms with E-state index in [-0.39, 0.29) is 0 Å². The van der Waals surface area contributed by atoms with Gasteiger partial charge in [-0.05, 0) is 55.5 Å². The van der Waals surface area contributed by atoms with Gasteiger partial charge in [-0.2, -0.15) is 0 Å². The van der Waals surface area contributed by atoms with Gasteiger partial charge in [0.05, 0.1) is 12.8 Å². The van der Waals surface area contributed by atoms with Crippen molar-refractivity contribution in [3.63, 3.8) is 0 Å². The molecule has 0 aliphatic rings. The molecule has 0 fully saturated rings. The molecule has 0 aliphatic carbocycles. The first kappa shape index (κ1) is 19.4. The lowest BCUT2D eigenvalue weighted by atomic mass is 10.2. The number of nitrogens with two attached hydrogens (primary N) is 1. The molecule has 0 aliphatic heterocycles. The smallest absolute Gasteiger partial charge is 0.226 e. The molecule has 0 saturated carbocycles. The first-order valence-electron chi connectivity index (χ1n) is 8.75. The summed E-state index contributed by atoms with van der Waals surface area (Å²) in [4.78, 5) is 4.60. The number of aromatic nitrogens is 4. The number of oxazole rings is 1. The third kappa shape index (κ3) is 4.08. The lowest BCUT2D eigenvalue weighted by molar-refractivity contribution is 0.415. The molecular weight excluding hydrogens is 410 g/mol. The minimum absolute atomic E-state index is 0.556. The molecule has 0 spiro atoms. The third-order valence-corrected chi connectivity index (χ3v) is 5.54. The molecular formula is C20H18ClN5O2S. The first-order valence-corrected chi connectivity index (χ1v) is 10.1. The van der Waals surface area contributed by atoms with Crippen molar-refractivity contribution in [3.05, 3.63) is 65.0 Å². The van der Waals surface area contributed by atoms with Crippen LogP contribution in [0.15, 0.2) is 58.1 Å². The Labute approximate surface area is 176 Å². The van der Waals surface area contributed by atoms with E-state index in [0.717, 1.165) is 28.3 Å². The maximum Gasteiger partial charge on any atom is 0.226 e. The van der Waals surface area contributed by atoms with Crippen LogP contribution in [0.4, 0.5) is 0 Å². The number of hydrogen-bond acceptors (Lipinski definition) is 7. The largest absolute Gasteiger partial charge is 0.497 e. The molecule has 0 unspecified atom stereocenters. The number of halogens is 1. The molecule has 0 bridgehead atoms. The SMILES string of the molecule is COc1ccc(-c2nnc(SCc3nc(-c4ccc(Cl)cc4)oc3C)n2N)cc1. The van der Waals surface area contributed by atoms with Crippen LogP contribution in [-0.2, 0) is 5.75 Å². The second-order valence-electron chi connectivity index (χ2n) is 6.22.